The highest BCUT2D eigenvalue weighted by atomic mass is 14.9. The second kappa shape index (κ2) is 5.39. The van der Waals surface area contributed by atoms with Crippen LogP contribution in [0.1, 0.15) is 13.8 Å². The molecule has 0 aromatic rings. The van der Waals surface area contributed by atoms with Gasteiger partial charge in [-0.05, 0) is 0 Å². The van der Waals surface area contributed by atoms with Crippen LogP contribution >= 0.6 is 0 Å². The van der Waals surface area contributed by atoms with Gasteiger partial charge >= 0.3 is 0 Å². The average Bonchev–Trinajstić information content (AvgIpc) is 1.80. The molecule has 0 aliphatic carbocycles. The van der Waals surface area contributed by atoms with Gasteiger partial charge < -0.3 is 10.6 Å². The summed E-state index contributed by atoms with van der Waals surface area (Å²) in [5.74, 6) is 0. The van der Waals surface area contributed by atoms with Gasteiger partial charge in [0.2, 0.25) is 0 Å². The second-order valence-corrected chi connectivity index (χ2v) is 2.15. The standard InChI is InChI=1S/C6H13N3/c1-6(2)9-4-3-8-5-7/h6,8-9H,3-4H2,1-2H3. The first-order valence-electron chi connectivity index (χ1n) is 3.12. The molecule has 0 atom stereocenters. The maximum Gasteiger partial charge on any atom is 0.176 e. The van der Waals surface area contributed by atoms with Crippen molar-refractivity contribution in [1.82, 2.24) is 10.6 Å². The number of nitrogens with one attached hydrogen (secondary N) is 2. The summed E-state index contributed by atoms with van der Waals surface area (Å²) in [5, 5.41) is 13.8. The Kier molecular flexibility index (Phi) is 4.94. The van der Waals surface area contributed by atoms with Gasteiger partial charge in [-0.15, -0.1) is 0 Å². The molecule has 3 nitrogen and oxygen atoms in total. The summed E-state index contributed by atoms with van der Waals surface area (Å²) < 4.78 is 0. The molecule has 0 saturated carbocycles. The Hall–Kier alpha value is -0.750. The van der Waals surface area contributed by atoms with Gasteiger partial charge in [0.1, 0.15) is 0 Å². The van der Waals surface area contributed by atoms with Crippen molar-refractivity contribution in [3.63, 3.8) is 0 Å². The van der Waals surface area contributed by atoms with E-state index in [0.29, 0.717) is 12.6 Å². The fraction of sp³-hybridized carbons (Fsp3) is 0.833. The van der Waals surface area contributed by atoms with Gasteiger partial charge in [-0.3, -0.25) is 0 Å². The predicted octanol–water partition coefficient (Wildman–Crippen LogP) is 0.0551. The molecular formula is C6H13N3. The van der Waals surface area contributed by atoms with Gasteiger partial charge in [0.05, 0.1) is 0 Å². The normalized spacial score (nSPS) is 9.11. The largest absolute Gasteiger partial charge is 0.323 e. The van der Waals surface area contributed by atoms with Gasteiger partial charge in [0.25, 0.3) is 0 Å². The molecule has 0 aromatic heterocycles. The summed E-state index contributed by atoms with van der Waals surface area (Å²) in [6, 6.07) is 0.505. The molecule has 0 heterocycles. The Balaban J connectivity index is 2.85. The van der Waals surface area contributed by atoms with E-state index in [9.17, 15) is 0 Å². The second-order valence-electron chi connectivity index (χ2n) is 2.15. The van der Waals surface area contributed by atoms with E-state index in [4.69, 9.17) is 5.26 Å². The molecule has 0 rings (SSSR count). The lowest BCUT2D eigenvalue weighted by Crippen LogP contribution is -2.29. The first-order chi connectivity index (χ1) is 4.27. The molecule has 0 fully saturated rings. The molecule has 52 valence electrons. The molecule has 3 heteroatoms. The molecule has 0 spiro atoms. The topological polar surface area (TPSA) is 47.8 Å². The van der Waals surface area contributed by atoms with Crippen molar-refractivity contribution >= 4 is 0 Å². The molecule has 0 aliphatic rings. The van der Waals surface area contributed by atoms with Crippen LogP contribution in [0.25, 0.3) is 0 Å². The summed E-state index contributed by atoms with van der Waals surface area (Å²) in [6.45, 7) is 5.72. The van der Waals surface area contributed by atoms with Crippen LogP contribution in [0.4, 0.5) is 0 Å². The summed E-state index contributed by atoms with van der Waals surface area (Å²) >= 11 is 0. The van der Waals surface area contributed by atoms with E-state index >= 15 is 0 Å². The van der Waals surface area contributed by atoms with E-state index in [0.717, 1.165) is 6.54 Å². The molecule has 0 saturated heterocycles. The Morgan fingerprint density at radius 2 is 2.11 bits per heavy atom. The average molecular weight is 127 g/mol. The van der Waals surface area contributed by atoms with Crippen molar-refractivity contribution in [2.75, 3.05) is 13.1 Å². The SMILES string of the molecule is CC(C)NCCNC#N. The minimum Gasteiger partial charge on any atom is -0.323 e. The van der Waals surface area contributed by atoms with Crippen LogP contribution in [0.15, 0.2) is 0 Å². The zero-order valence-corrected chi connectivity index (χ0v) is 5.94. The molecule has 9 heavy (non-hydrogen) atoms. The van der Waals surface area contributed by atoms with Crippen molar-refractivity contribution in [2.45, 2.75) is 19.9 Å². The van der Waals surface area contributed by atoms with Gasteiger partial charge in [-0.2, -0.15) is 5.26 Å². The van der Waals surface area contributed by atoms with Crippen molar-refractivity contribution in [3.05, 3.63) is 0 Å². The van der Waals surface area contributed by atoms with Crippen LogP contribution in [-0.4, -0.2) is 19.1 Å². The molecule has 0 radical (unpaired) electrons. The molecule has 0 amide bonds. The van der Waals surface area contributed by atoms with Crippen molar-refractivity contribution in [2.24, 2.45) is 0 Å². The summed E-state index contributed by atoms with van der Waals surface area (Å²) in [5.41, 5.74) is 0. The number of nitrogens with zero attached hydrogens (tertiary/aromatic N) is 1. The van der Waals surface area contributed by atoms with Gasteiger partial charge in [0.15, 0.2) is 6.19 Å². The summed E-state index contributed by atoms with van der Waals surface area (Å²) in [6.07, 6.45) is 1.85. The maximum absolute atomic E-state index is 8.04. The molecule has 0 aromatic carbocycles. The van der Waals surface area contributed by atoms with Gasteiger partial charge in [-0.25, -0.2) is 0 Å². The lowest BCUT2D eigenvalue weighted by molar-refractivity contribution is 0.582. The third-order valence-electron chi connectivity index (χ3n) is 0.882. The Morgan fingerprint density at radius 1 is 1.44 bits per heavy atom. The number of rotatable bonds is 4. The van der Waals surface area contributed by atoms with Crippen LogP contribution in [0.3, 0.4) is 0 Å². The molecule has 0 unspecified atom stereocenters. The van der Waals surface area contributed by atoms with Crippen molar-refractivity contribution in [1.29, 1.82) is 5.26 Å². The van der Waals surface area contributed by atoms with E-state index < -0.39 is 0 Å². The Bertz CT molecular complexity index is 93.0. The van der Waals surface area contributed by atoms with Crippen LogP contribution in [0.2, 0.25) is 0 Å². The van der Waals surface area contributed by atoms with Crippen molar-refractivity contribution < 1.29 is 0 Å². The van der Waals surface area contributed by atoms with Crippen LogP contribution in [0.5, 0.6) is 0 Å². The number of hydrogen-bond acceptors (Lipinski definition) is 3. The highest BCUT2D eigenvalue weighted by molar-refractivity contribution is 4.65. The monoisotopic (exact) mass is 127 g/mol. The zero-order valence-electron chi connectivity index (χ0n) is 5.94. The molecule has 0 aliphatic heterocycles. The van der Waals surface area contributed by atoms with Crippen molar-refractivity contribution in [3.8, 4) is 6.19 Å². The van der Waals surface area contributed by atoms with E-state index in [1.165, 1.54) is 0 Å². The minimum absolute atomic E-state index is 0.505. The smallest absolute Gasteiger partial charge is 0.176 e. The van der Waals surface area contributed by atoms with Gasteiger partial charge in [0, 0.05) is 19.1 Å². The summed E-state index contributed by atoms with van der Waals surface area (Å²) in [4.78, 5) is 0. The van der Waals surface area contributed by atoms with E-state index in [2.05, 4.69) is 24.5 Å². The Labute approximate surface area is 56.1 Å². The Morgan fingerprint density at radius 3 is 2.56 bits per heavy atom. The first-order valence-corrected chi connectivity index (χ1v) is 3.12. The van der Waals surface area contributed by atoms with Crippen LogP contribution < -0.4 is 10.6 Å². The van der Waals surface area contributed by atoms with E-state index in [-0.39, 0.29) is 0 Å². The lowest BCUT2D eigenvalue weighted by Gasteiger charge is -2.05. The quantitative estimate of drug-likeness (QED) is 0.319. The first kappa shape index (κ1) is 8.25. The molecular weight excluding hydrogens is 114 g/mol. The summed E-state index contributed by atoms with van der Waals surface area (Å²) in [7, 11) is 0. The minimum atomic E-state index is 0.505. The number of hydrogen-bond donors (Lipinski definition) is 2. The lowest BCUT2D eigenvalue weighted by atomic mass is 10.4. The van der Waals surface area contributed by atoms with Crippen LogP contribution in [0, 0.1) is 11.5 Å². The molecule has 2 N–H and O–H groups in total. The van der Waals surface area contributed by atoms with Crippen LogP contribution in [-0.2, 0) is 0 Å². The predicted molar refractivity (Wildman–Crippen MR) is 36.8 cm³/mol. The maximum atomic E-state index is 8.04. The highest BCUT2D eigenvalue weighted by Crippen LogP contribution is 1.71. The third-order valence-corrected chi connectivity index (χ3v) is 0.882. The highest BCUT2D eigenvalue weighted by Gasteiger charge is 1.88. The number of nitriles is 1. The zero-order chi connectivity index (χ0) is 7.11. The fourth-order valence-electron chi connectivity index (χ4n) is 0.479. The fourth-order valence-corrected chi connectivity index (χ4v) is 0.479. The third kappa shape index (κ3) is 7.25. The van der Waals surface area contributed by atoms with E-state index in [1.807, 2.05) is 6.19 Å². The van der Waals surface area contributed by atoms with E-state index in [1.54, 1.807) is 0 Å². The van der Waals surface area contributed by atoms with Gasteiger partial charge in [-0.1, -0.05) is 13.8 Å². The molecule has 0 bridgehead atoms.